The lowest BCUT2D eigenvalue weighted by molar-refractivity contribution is 1.31. The van der Waals surface area contributed by atoms with Crippen LogP contribution in [0.15, 0.2) is 200 Å². The number of anilines is 3. The summed E-state index contributed by atoms with van der Waals surface area (Å²) in [6.07, 6.45) is 0. The summed E-state index contributed by atoms with van der Waals surface area (Å²) in [4.78, 5) is 2.45. The fourth-order valence-corrected chi connectivity index (χ4v) is 9.26. The first-order chi connectivity index (χ1) is 27.2. The van der Waals surface area contributed by atoms with Crippen LogP contribution < -0.4 is 4.90 Å². The van der Waals surface area contributed by atoms with Crippen molar-refractivity contribution in [2.24, 2.45) is 0 Å². The Hall–Kier alpha value is -7.22. The highest BCUT2D eigenvalue weighted by atomic mass is 15.1. The van der Waals surface area contributed by atoms with Gasteiger partial charge in [0.2, 0.25) is 0 Å². The smallest absolute Gasteiger partial charge is 0.0473 e. The van der Waals surface area contributed by atoms with Gasteiger partial charge in [0, 0.05) is 17.1 Å². The maximum atomic E-state index is 2.45. The lowest BCUT2D eigenvalue weighted by Gasteiger charge is -2.28. The monoisotopic (exact) mass is 695 g/mol. The molecule has 1 nitrogen and oxygen atoms in total. The van der Waals surface area contributed by atoms with Gasteiger partial charge in [0.15, 0.2) is 0 Å². The highest BCUT2D eigenvalue weighted by molar-refractivity contribution is 6.26. The number of nitrogens with zero attached hydrogens (tertiary/aromatic N) is 1. The summed E-state index contributed by atoms with van der Waals surface area (Å²) in [5.74, 6) is 0. The van der Waals surface area contributed by atoms with E-state index in [1.165, 1.54) is 97.7 Å². The molecule has 0 heterocycles. The van der Waals surface area contributed by atoms with Crippen molar-refractivity contribution in [3.8, 4) is 22.3 Å². The van der Waals surface area contributed by atoms with Crippen molar-refractivity contribution < 1.29 is 0 Å². The van der Waals surface area contributed by atoms with E-state index >= 15 is 0 Å². The second-order valence-corrected chi connectivity index (χ2v) is 15.0. The molecule has 12 rings (SSSR count). The van der Waals surface area contributed by atoms with Gasteiger partial charge in [-0.05, 0) is 158 Å². The van der Waals surface area contributed by atoms with Crippen LogP contribution in [0, 0.1) is 0 Å². The molecule has 0 spiro atoms. The lowest BCUT2D eigenvalue weighted by Crippen LogP contribution is -2.10. The summed E-state index contributed by atoms with van der Waals surface area (Å²) < 4.78 is 0. The van der Waals surface area contributed by atoms with Gasteiger partial charge in [0.05, 0.1) is 0 Å². The van der Waals surface area contributed by atoms with Gasteiger partial charge in [-0.3, -0.25) is 0 Å². The molecule has 0 radical (unpaired) electrons. The largest absolute Gasteiger partial charge is 0.310 e. The number of hydrogen-bond acceptors (Lipinski definition) is 1. The zero-order valence-electron chi connectivity index (χ0n) is 30.0. The molecule has 0 bridgehead atoms. The molecule has 0 saturated heterocycles. The predicted molar refractivity (Wildman–Crippen MR) is 237 cm³/mol. The van der Waals surface area contributed by atoms with E-state index in [0.717, 1.165) is 17.1 Å². The Morgan fingerprint density at radius 3 is 0.909 bits per heavy atom. The third-order valence-electron chi connectivity index (χ3n) is 11.8. The van der Waals surface area contributed by atoms with Gasteiger partial charge < -0.3 is 4.90 Å². The molecule has 0 aliphatic rings. The minimum Gasteiger partial charge on any atom is -0.310 e. The van der Waals surface area contributed by atoms with Crippen LogP contribution >= 0.6 is 0 Å². The summed E-state index contributed by atoms with van der Waals surface area (Å²) in [6.45, 7) is 0. The number of rotatable bonds is 5. The zero-order valence-corrected chi connectivity index (χ0v) is 30.0. The molecule has 0 N–H and O–H groups in total. The van der Waals surface area contributed by atoms with Crippen LogP contribution in [0.4, 0.5) is 17.1 Å². The molecule has 12 aromatic carbocycles. The second-order valence-electron chi connectivity index (χ2n) is 15.0. The van der Waals surface area contributed by atoms with Crippen LogP contribution in [0.5, 0.6) is 0 Å². The molecule has 0 fully saturated rings. The Labute approximate surface area is 318 Å². The van der Waals surface area contributed by atoms with Crippen LogP contribution in [0.3, 0.4) is 0 Å². The van der Waals surface area contributed by atoms with Crippen molar-refractivity contribution in [2.75, 3.05) is 4.90 Å². The van der Waals surface area contributed by atoms with E-state index < -0.39 is 0 Å². The van der Waals surface area contributed by atoms with E-state index in [9.17, 15) is 0 Å². The molecule has 0 amide bonds. The van der Waals surface area contributed by atoms with Crippen molar-refractivity contribution >= 4 is 92.5 Å². The second kappa shape index (κ2) is 11.6. The molecule has 55 heavy (non-hydrogen) atoms. The van der Waals surface area contributed by atoms with Gasteiger partial charge in [-0.15, -0.1) is 0 Å². The minimum absolute atomic E-state index is 1.14. The average molecular weight is 696 g/mol. The molecule has 0 atom stereocenters. The molecular weight excluding hydrogens is 663 g/mol. The first-order valence-corrected chi connectivity index (χ1v) is 19.1. The van der Waals surface area contributed by atoms with Crippen molar-refractivity contribution in [1.29, 1.82) is 0 Å². The summed E-state index contributed by atoms with van der Waals surface area (Å²) >= 11 is 0. The summed E-state index contributed by atoms with van der Waals surface area (Å²) in [7, 11) is 0. The van der Waals surface area contributed by atoms with Crippen LogP contribution in [0.1, 0.15) is 0 Å². The van der Waals surface area contributed by atoms with Crippen molar-refractivity contribution in [3.63, 3.8) is 0 Å². The van der Waals surface area contributed by atoms with Crippen LogP contribution in [-0.2, 0) is 0 Å². The molecule has 0 saturated carbocycles. The van der Waals surface area contributed by atoms with E-state index in [4.69, 9.17) is 0 Å². The van der Waals surface area contributed by atoms with Gasteiger partial charge in [-0.2, -0.15) is 0 Å². The van der Waals surface area contributed by atoms with E-state index in [1.807, 2.05) is 0 Å². The maximum absolute atomic E-state index is 2.45. The molecule has 0 unspecified atom stereocenters. The van der Waals surface area contributed by atoms with Crippen molar-refractivity contribution in [2.45, 2.75) is 0 Å². The Balaban J connectivity index is 1.07. The van der Waals surface area contributed by atoms with E-state index in [-0.39, 0.29) is 0 Å². The molecule has 0 aromatic heterocycles. The molecule has 0 aliphatic heterocycles. The Bertz CT molecular complexity index is 3090. The minimum atomic E-state index is 1.14. The zero-order chi connectivity index (χ0) is 36.0. The van der Waals surface area contributed by atoms with Crippen molar-refractivity contribution in [1.82, 2.24) is 0 Å². The topological polar surface area (TPSA) is 3.24 Å². The highest BCUT2D eigenvalue weighted by Crippen LogP contribution is 2.46. The van der Waals surface area contributed by atoms with Crippen LogP contribution in [0.25, 0.3) is 97.7 Å². The number of fused-ring (bicyclic) bond motifs is 1. The summed E-state index contributed by atoms with van der Waals surface area (Å²) in [5.41, 5.74) is 8.41. The molecule has 1 heteroatoms. The Morgan fingerprint density at radius 2 is 0.509 bits per heavy atom. The first-order valence-electron chi connectivity index (χ1n) is 19.1. The van der Waals surface area contributed by atoms with Gasteiger partial charge in [0.1, 0.15) is 0 Å². The molecule has 0 aliphatic carbocycles. The fraction of sp³-hybridized carbons (Fsp3) is 0. The Kier molecular flexibility index (Phi) is 6.40. The molecular formula is C54H33N. The predicted octanol–water partition coefficient (Wildman–Crippen LogP) is 15.4. The van der Waals surface area contributed by atoms with E-state index in [1.54, 1.807) is 0 Å². The maximum Gasteiger partial charge on any atom is 0.0473 e. The molecule has 254 valence electrons. The van der Waals surface area contributed by atoms with Gasteiger partial charge >= 0.3 is 0 Å². The first kappa shape index (κ1) is 30.3. The quantitative estimate of drug-likeness (QED) is 0.162. The summed E-state index contributed by atoms with van der Waals surface area (Å²) in [5, 5.41) is 17.8. The summed E-state index contributed by atoms with van der Waals surface area (Å²) in [6, 6.07) is 74.3. The number of hydrogen-bond donors (Lipinski definition) is 0. The third kappa shape index (κ3) is 4.73. The van der Waals surface area contributed by atoms with Gasteiger partial charge in [-0.25, -0.2) is 0 Å². The van der Waals surface area contributed by atoms with Gasteiger partial charge in [-0.1, -0.05) is 140 Å². The van der Waals surface area contributed by atoms with Gasteiger partial charge in [0.25, 0.3) is 0 Å². The fourth-order valence-electron chi connectivity index (χ4n) is 9.26. The highest BCUT2D eigenvalue weighted by Gasteiger charge is 2.20. The SMILES string of the molecule is c1ccc(-c2cc3ccc4cc(N(c5ccc6ccccc6c5)c5cc6ccc7cc(-c8ccccc8)cc8ccc(c5)c6c78)cc5ccc(c2)c3c45)cc1. The lowest BCUT2D eigenvalue weighted by atomic mass is 9.90. The Morgan fingerprint density at radius 1 is 0.200 bits per heavy atom. The third-order valence-corrected chi connectivity index (χ3v) is 11.8. The number of benzene rings is 12. The average Bonchev–Trinajstić information content (AvgIpc) is 3.25. The van der Waals surface area contributed by atoms with Crippen LogP contribution in [0.2, 0.25) is 0 Å². The normalized spacial score (nSPS) is 12.0. The molecule has 12 aromatic rings. The van der Waals surface area contributed by atoms with Crippen molar-refractivity contribution in [3.05, 3.63) is 200 Å². The van der Waals surface area contributed by atoms with E-state index in [2.05, 4.69) is 205 Å². The standard InChI is InChI=1S/C54H33N/c1-3-9-34(10-4-1)46-25-38-15-19-42-30-49(31-43-20-16-39(26-46)51(38)53(42)43)55(48-24-23-36-13-7-8-14-37(36)29-48)50-32-44-21-17-40-27-47(35-11-5-2-6-12-35)28-41-18-22-45(33-50)54(44)52(40)41/h1-33H. The van der Waals surface area contributed by atoms with E-state index in [0.29, 0.717) is 0 Å². The van der Waals surface area contributed by atoms with Crippen LogP contribution in [-0.4, -0.2) is 0 Å².